The second-order valence-corrected chi connectivity index (χ2v) is 5.46. The highest BCUT2D eigenvalue weighted by Gasteiger charge is 2.22. The van der Waals surface area contributed by atoms with Gasteiger partial charge in [-0.2, -0.15) is 0 Å². The molecule has 1 aromatic carbocycles. The van der Waals surface area contributed by atoms with Crippen LogP contribution in [-0.4, -0.2) is 43.0 Å². The summed E-state index contributed by atoms with van der Waals surface area (Å²) >= 11 is 0. The van der Waals surface area contributed by atoms with Gasteiger partial charge in [0.1, 0.15) is 11.6 Å². The van der Waals surface area contributed by atoms with Crippen molar-refractivity contribution in [2.75, 3.05) is 26.2 Å². The molecule has 0 radical (unpaired) electrons. The van der Waals surface area contributed by atoms with E-state index in [0.29, 0.717) is 6.54 Å². The average molecular weight is 297 g/mol. The number of piperidine rings is 1. The molecule has 3 N–H and O–H groups in total. The fraction of sp³-hybridized carbons (Fsp3) is 0.533. The van der Waals surface area contributed by atoms with Gasteiger partial charge in [0.05, 0.1) is 5.56 Å². The molecule has 1 saturated heterocycles. The SMILES string of the molecule is Cc1cc(C(=O)NC2CCN(CCN)CC2)c(F)cc1F. The van der Waals surface area contributed by atoms with E-state index < -0.39 is 17.5 Å². The van der Waals surface area contributed by atoms with E-state index in [0.717, 1.165) is 38.5 Å². The Labute approximate surface area is 123 Å². The van der Waals surface area contributed by atoms with Crippen LogP contribution in [-0.2, 0) is 0 Å². The van der Waals surface area contributed by atoms with Gasteiger partial charge in [-0.05, 0) is 31.4 Å². The summed E-state index contributed by atoms with van der Waals surface area (Å²) in [5.74, 6) is -1.94. The van der Waals surface area contributed by atoms with Crippen molar-refractivity contribution in [3.8, 4) is 0 Å². The van der Waals surface area contributed by atoms with Crippen molar-refractivity contribution in [3.63, 3.8) is 0 Å². The third-order valence-corrected chi connectivity index (χ3v) is 3.86. The largest absolute Gasteiger partial charge is 0.349 e. The van der Waals surface area contributed by atoms with E-state index in [1.165, 1.54) is 13.0 Å². The van der Waals surface area contributed by atoms with Gasteiger partial charge < -0.3 is 16.0 Å². The number of nitrogens with one attached hydrogen (secondary N) is 1. The van der Waals surface area contributed by atoms with Crippen LogP contribution in [0.3, 0.4) is 0 Å². The highest BCUT2D eigenvalue weighted by Crippen LogP contribution is 2.16. The Morgan fingerprint density at radius 3 is 2.62 bits per heavy atom. The summed E-state index contributed by atoms with van der Waals surface area (Å²) < 4.78 is 26.9. The molecule has 1 heterocycles. The lowest BCUT2D eigenvalue weighted by atomic mass is 10.0. The van der Waals surface area contributed by atoms with Crippen molar-refractivity contribution in [2.45, 2.75) is 25.8 Å². The minimum absolute atomic E-state index is 0.0243. The zero-order chi connectivity index (χ0) is 15.4. The zero-order valence-electron chi connectivity index (χ0n) is 12.2. The Kier molecular flexibility index (Phi) is 5.25. The summed E-state index contributed by atoms with van der Waals surface area (Å²) in [4.78, 5) is 14.3. The second-order valence-electron chi connectivity index (χ2n) is 5.46. The van der Waals surface area contributed by atoms with Gasteiger partial charge in [0.25, 0.3) is 5.91 Å². The van der Waals surface area contributed by atoms with Crippen LogP contribution in [0.5, 0.6) is 0 Å². The van der Waals surface area contributed by atoms with Gasteiger partial charge in [-0.25, -0.2) is 8.78 Å². The number of benzene rings is 1. The number of hydrogen-bond donors (Lipinski definition) is 2. The second kappa shape index (κ2) is 6.95. The van der Waals surface area contributed by atoms with E-state index in [4.69, 9.17) is 5.73 Å². The molecule has 1 aliphatic rings. The van der Waals surface area contributed by atoms with Crippen LogP contribution in [0.4, 0.5) is 8.78 Å². The van der Waals surface area contributed by atoms with E-state index in [2.05, 4.69) is 10.2 Å². The molecular formula is C15H21F2N3O. The molecule has 1 aromatic rings. The molecule has 4 nitrogen and oxygen atoms in total. The number of nitrogens with zero attached hydrogens (tertiary/aromatic N) is 1. The number of amides is 1. The summed E-state index contributed by atoms with van der Waals surface area (Å²) in [6.45, 7) is 4.72. The highest BCUT2D eigenvalue weighted by molar-refractivity contribution is 5.94. The summed E-state index contributed by atoms with van der Waals surface area (Å²) in [6, 6.07) is 2.04. The van der Waals surface area contributed by atoms with Gasteiger partial charge >= 0.3 is 0 Å². The number of likely N-dealkylation sites (tertiary alicyclic amines) is 1. The van der Waals surface area contributed by atoms with Gasteiger partial charge in [-0.3, -0.25) is 4.79 Å². The Hall–Kier alpha value is -1.53. The molecule has 2 rings (SSSR count). The van der Waals surface area contributed by atoms with Crippen molar-refractivity contribution in [3.05, 3.63) is 34.9 Å². The van der Waals surface area contributed by atoms with Crippen LogP contribution in [0.25, 0.3) is 0 Å². The molecule has 0 saturated carbocycles. The average Bonchev–Trinajstić information content (AvgIpc) is 2.45. The minimum atomic E-state index is -0.823. The Balaban J connectivity index is 1.95. The summed E-state index contributed by atoms with van der Waals surface area (Å²) in [5, 5.41) is 2.83. The van der Waals surface area contributed by atoms with Crippen LogP contribution in [0.2, 0.25) is 0 Å². The number of hydrogen-bond acceptors (Lipinski definition) is 3. The van der Waals surface area contributed by atoms with E-state index in [1.807, 2.05) is 0 Å². The van der Waals surface area contributed by atoms with Gasteiger partial charge in [0, 0.05) is 38.3 Å². The number of nitrogens with two attached hydrogens (primary N) is 1. The Morgan fingerprint density at radius 1 is 1.33 bits per heavy atom. The van der Waals surface area contributed by atoms with E-state index >= 15 is 0 Å². The van der Waals surface area contributed by atoms with Crippen LogP contribution < -0.4 is 11.1 Å². The van der Waals surface area contributed by atoms with Crippen molar-refractivity contribution < 1.29 is 13.6 Å². The summed E-state index contributed by atoms with van der Waals surface area (Å²) in [5.41, 5.74) is 5.67. The van der Waals surface area contributed by atoms with Crippen molar-refractivity contribution in [1.82, 2.24) is 10.2 Å². The maximum absolute atomic E-state index is 13.7. The lowest BCUT2D eigenvalue weighted by Crippen LogP contribution is -2.45. The van der Waals surface area contributed by atoms with Crippen LogP contribution in [0, 0.1) is 18.6 Å². The van der Waals surface area contributed by atoms with Crippen molar-refractivity contribution >= 4 is 5.91 Å². The summed E-state index contributed by atoms with van der Waals surface area (Å²) in [7, 11) is 0. The monoisotopic (exact) mass is 297 g/mol. The molecule has 1 aliphatic heterocycles. The molecule has 0 unspecified atom stereocenters. The van der Waals surface area contributed by atoms with E-state index in [1.54, 1.807) is 0 Å². The number of carbonyl (C=O) groups is 1. The van der Waals surface area contributed by atoms with Crippen LogP contribution >= 0.6 is 0 Å². The van der Waals surface area contributed by atoms with Crippen LogP contribution in [0.15, 0.2) is 12.1 Å². The third kappa shape index (κ3) is 3.98. The number of rotatable bonds is 4. The molecule has 1 amide bonds. The molecule has 0 aromatic heterocycles. The first-order valence-electron chi connectivity index (χ1n) is 7.20. The first-order chi connectivity index (χ1) is 10.0. The Morgan fingerprint density at radius 2 is 2.00 bits per heavy atom. The first kappa shape index (κ1) is 15.9. The van der Waals surface area contributed by atoms with Crippen molar-refractivity contribution in [2.24, 2.45) is 5.73 Å². The molecule has 0 atom stereocenters. The Bertz CT molecular complexity index is 514. The fourth-order valence-electron chi connectivity index (χ4n) is 2.58. The molecular weight excluding hydrogens is 276 g/mol. The molecule has 0 spiro atoms. The van der Waals surface area contributed by atoms with Gasteiger partial charge in [-0.15, -0.1) is 0 Å². The number of halogens is 2. The molecule has 21 heavy (non-hydrogen) atoms. The van der Waals surface area contributed by atoms with Crippen molar-refractivity contribution in [1.29, 1.82) is 0 Å². The molecule has 6 heteroatoms. The van der Waals surface area contributed by atoms with Gasteiger partial charge in [0.15, 0.2) is 0 Å². The molecule has 1 fully saturated rings. The predicted molar refractivity (Wildman–Crippen MR) is 77.1 cm³/mol. The number of carbonyl (C=O) groups excluding carboxylic acids is 1. The normalized spacial score (nSPS) is 17.0. The van der Waals surface area contributed by atoms with Crippen LogP contribution in [0.1, 0.15) is 28.8 Å². The smallest absolute Gasteiger partial charge is 0.254 e. The lowest BCUT2D eigenvalue weighted by Gasteiger charge is -2.32. The zero-order valence-corrected chi connectivity index (χ0v) is 12.2. The maximum atomic E-state index is 13.7. The van der Waals surface area contributed by atoms with Gasteiger partial charge in [0.2, 0.25) is 0 Å². The van der Waals surface area contributed by atoms with E-state index in [9.17, 15) is 13.6 Å². The quantitative estimate of drug-likeness (QED) is 0.884. The highest BCUT2D eigenvalue weighted by atomic mass is 19.1. The third-order valence-electron chi connectivity index (χ3n) is 3.86. The topological polar surface area (TPSA) is 58.4 Å². The fourth-order valence-corrected chi connectivity index (χ4v) is 2.58. The van der Waals surface area contributed by atoms with Gasteiger partial charge in [-0.1, -0.05) is 0 Å². The first-order valence-corrected chi connectivity index (χ1v) is 7.20. The molecule has 0 aliphatic carbocycles. The molecule has 0 bridgehead atoms. The maximum Gasteiger partial charge on any atom is 0.254 e. The number of aryl methyl sites for hydroxylation is 1. The lowest BCUT2D eigenvalue weighted by molar-refractivity contribution is 0.0907. The predicted octanol–water partition coefficient (Wildman–Crippen LogP) is 1.43. The van der Waals surface area contributed by atoms with E-state index in [-0.39, 0.29) is 17.2 Å². The standard InChI is InChI=1S/C15H21F2N3O/c1-10-8-12(14(17)9-13(10)16)15(21)19-11-2-5-20(6-3-11)7-4-18/h8-9,11H,2-7,18H2,1H3,(H,19,21). The minimum Gasteiger partial charge on any atom is -0.349 e. The summed E-state index contributed by atoms with van der Waals surface area (Å²) in [6.07, 6.45) is 1.63. The molecule has 116 valence electrons.